The molecule has 1 aromatic heterocycles. The van der Waals surface area contributed by atoms with Gasteiger partial charge < -0.3 is 9.73 Å². The van der Waals surface area contributed by atoms with E-state index in [0.717, 1.165) is 15.4 Å². The molecule has 0 aliphatic heterocycles. The lowest BCUT2D eigenvalue weighted by atomic mass is 10.1. The number of carbonyl (C=O) groups excluding carboxylic acids is 1. The fraction of sp³-hybridized carbons (Fsp3) is 0.118. The third-order valence-corrected chi connectivity index (χ3v) is 5.18. The van der Waals surface area contributed by atoms with Crippen molar-refractivity contribution in [3.63, 3.8) is 0 Å². The van der Waals surface area contributed by atoms with Gasteiger partial charge in [-0.15, -0.1) is 0 Å². The third-order valence-electron chi connectivity index (χ3n) is 3.76. The Kier molecular flexibility index (Phi) is 4.68. The third kappa shape index (κ3) is 3.92. The molecule has 0 spiro atoms. The monoisotopic (exact) mass is 422 g/mol. The zero-order chi connectivity index (χ0) is 18.2. The molecule has 8 heteroatoms. The van der Waals surface area contributed by atoms with Gasteiger partial charge in [-0.1, -0.05) is 28.1 Å². The number of furan rings is 1. The van der Waals surface area contributed by atoms with Crippen LogP contribution in [0, 0.1) is 0 Å². The molecule has 0 aliphatic rings. The lowest BCUT2D eigenvalue weighted by molar-refractivity contribution is 0.0914. The number of amides is 1. The average molecular weight is 423 g/mol. The summed E-state index contributed by atoms with van der Waals surface area (Å²) < 4.78 is 29.0. The molecule has 1 unspecified atom stereocenters. The van der Waals surface area contributed by atoms with Crippen molar-refractivity contribution in [2.45, 2.75) is 17.9 Å². The second kappa shape index (κ2) is 6.62. The zero-order valence-electron chi connectivity index (χ0n) is 13.2. The van der Waals surface area contributed by atoms with Crippen LogP contribution >= 0.6 is 15.9 Å². The minimum atomic E-state index is -3.74. The number of hydrogen-bond acceptors (Lipinski definition) is 4. The van der Waals surface area contributed by atoms with Crippen LogP contribution < -0.4 is 10.5 Å². The van der Waals surface area contributed by atoms with Crippen molar-refractivity contribution in [2.24, 2.45) is 5.14 Å². The summed E-state index contributed by atoms with van der Waals surface area (Å²) in [6, 6.07) is 12.9. The number of halogens is 1. The Labute approximate surface area is 153 Å². The van der Waals surface area contributed by atoms with Gasteiger partial charge in [0.05, 0.1) is 10.9 Å². The normalized spacial score (nSPS) is 12.9. The number of rotatable bonds is 4. The molecular formula is C17H15BrN2O4S. The summed E-state index contributed by atoms with van der Waals surface area (Å²) in [7, 11) is -3.74. The molecule has 3 N–H and O–H groups in total. The Morgan fingerprint density at radius 1 is 1.16 bits per heavy atom. The summed E-state index contributed by atoms with van der Waals surface area (Å²) in [5, 5.41) is 8.72. The van der Waals surface area contributed by atoms with Crippen molar-refractivity contribution in [3.8, 4) is 0 Å². The van der Waals surface area contributed by atoms with Crippen LogP contribution in [-0.4, -0.2) is 14.3 Å². The molecule has 130 valence electrons. The van der Waals surface area contributed by atoms with Crippen LogP contribution in [0.5, 0.6) is 0 Å². The van der Waals surface area contributed by atoms with Gasteiger partial charge >= 0.3 is 0 Å². The van der Waals surface area contributed by atoms with Crippen molar-refractivity contribution in [2.75, 3.05) is 0 Å². The largest absolute Gasteiger partial charge is 0.451 e. The number of nitrogens with two attached hydrogens (primary N) is 1. The van der Waals surface area contributed by atoms with Gasteiger partial charge in [-0.2, -0.15) is 0 Å². The molecule has 0 radical (unpaired) electrons. The van der Waals surface area contributed by atoms with E-state index in [4.69, 9.17) is 9.56 Å². The quantitative estimate of drug-likeness (QED) is 0.672. The number of nitrogens with one attached hydrogen (secondary N) is 1. The first-order valence-electron chi connectivity index (χ1n) is 7.37. The minimum absolute atomic E-state index is 0.0256. The molecule has 25 heavy (non-hydrogen) atoms. The highest BCUT2D eigenvalue weighted by Crippen LogP contribution is 2.24. The van der Waals surface area contributed by atoms with Crippen LogP contribution in [0.4, 0.5) is 0 Å². The van der Waals surface area contributed by atoms with E-state index < -0.39 is 10.0 Å². The molecule has 3 rings (SSSR count). The van der Waals surface area contributed by atoms with Crippen LogP contribution in [0.25, 0.3) is 11.0 Å². The number of sulfonamides is 1. The van der Waals surface area contributed by atoms with E-state index in [1.165, 1.54) is 12.1 Å². The number of benzene rings is 2. The van der Waals surface area contributed by atoms with Gasteiger partial charge in [-0.25, -0.2) is 13.6 Å². The number of hydrogen-bond donors (Lipinski definition) is 2. The smallest absolute Gasteiger partial charge is 0.287 e. The summed E-state index contributed by atoms with van der Waals surface area (Å²) >= 11 is 3.38. The van der Waals surface area contributed by atoms with Crippen molar-refractivity contribution >= 4 is 42.8 Å². The minimum Gasteiger partial charge on any atom is -0.451 e. The summed E-state index contributed by atoms with van der Waals surface area (Å²) in [6.07, 6.45) is 0. The number of fused-ring (bicyclic) bond motifs is 1. The van der Waals surface area contributed by atoms with Crippen molar-refractivity contribution in [3.05, 3.63) is 64.3 Å². The van der Waals surface area contributed by atoms with E-state index in [2.05, 4.69) is 21.2 Å². The van der Waals surface area contributed by atoms with Gasteiger partial charge in [0.1, 0.15) is 5.58 Å². The topological polar surface area (TPSA) is 102 Å². The van der Waals surface area contributed by atoms with Gasteiger partial charge in [-0.3, -0.25) is 4.79 Å². The van der Waals surface area contributed by atoms with Crippen LogP contribution in [-0.2, 0) is 10.0 Å². The highest BCUT2D eigenvalue weighted by atomic mass is 79.9. The average Bonchev–Trinajstić information content (AvgIpc) is 2.97. The van der Waals surface area contributed by atoms with E-state index in [1.807, 2.05) is 12.1 Å². The highest BCUT2D eigenvalue weighted by molar-refractivity contribution is 9.10. The molecule has 0 saturated carbocycles. The Hall–Kier alpha value is -2.16. The summed E-state index contributed by atoms with van der Waals surface area (Å²) in [5.41, 5.74) is 1.37. The van der Waals surface area contributed by atoms with Gasteiger partial charge in [-0.05, 0) is 48.9 Å². The molecule has 1 atom stereocenters. The Balaban J connectivity index is 1.77. The molecule has 3 aromatic rings. The lowest BCUT2D eigenvalue weighted by Gasteiger charge is -2.13. The van der Waals surface area contributed by atoms with E-state index in [0.29, 0.717) is 5.58 Å². The van der Waals surface area contributed by atoms with Crippen LogP contribution in [0.3, 0.4) is 0 Å². The van der Waals surface area contributed by atoms with E-state index in [9.17, 15) is 13.2 Å². The van der Waals surface area contributed by atoms with Crippen molar-refractivity contribution < 1.29 is 17.6 Å². The fourth-order valence-corrected chi connectivity index (χ4v) is 3.32. The van der Waals surface area contributed by atoms with E-state index >= 15 is 0 Å². The second-order valence-corrected chi connectivity index (χ2v) is 8.08. The van der Waals surface area contributed by atoms with Crippen LogP contribution in [0.2, 0.25) is 0 Å². The summed E-state index contributed by atoms with van der Waals surface area (Å²) in [4.78, 5) is 12.4. The van der Waals surface area contributed by atoms with Crippen molar-refractivity contribution in [1.82, 2.24) is 5.32 Å². The predicted octanol–water partition coefficient (Wildman–Crippen LogP) is 3.33. The van der Waals surface area contributed by atoms with Gasteiger partial charge in [0.25, 0.3) is 5.91 Å². The molecule has 1 heterocycles. The first-order valence-corrected chi connectivity index (χ1v) is 9.71. The highest BCUT2D eigenvalue weighted by Gasteiger charge is 2.16. The Bertz CT molecular complexity index is 1040. The molecule has 0 bridgehead atoms. The molecular weight excluding hydrogens is 408 g/mol. The first kappa shape index (κ1) is 17.7. The maximum atomic E-state index is 12.4. The van der Waals surface area contributed by atoms with Crippen LogP contribution in [0.1, 0.15) is 29.1 Å². The Morgan fingerprint density at radius 3 is 2.48 bits per heavy atom. The summed E-state index contributed by atoms with van der Waals surface area (Å²) in [5.74, 6) is -0.142. The number of primary sulfonamides is 1. The van der Waals surface area contributed by atoms with Gasteiger partial charge in [0, 0.05) is 9.86 Å². The first-order chi connectivity index (χ1) is 11.7. The fourth-order valence-electron chi connectivity index (χ4n) is 2.42. The predicted molar refractivity (Wildman–Crippen MR) is 97.6 cm³/mol. The standard InChI is InChI=1S/C17H15BrN2O4S/c1-10(11-2-5-14(6-3-11)25(19,22)23)20-17(21)16-9-12-8-13(18)4-7-15(12)24-16/h2-10H,1H3,(H,20,21)(H2,19,22,23). The number of carbonyl (C=O) groups is 1. The molecule has 6 nitrogen and oxygen atoms in total. The van der Waals surface area contributed by atoms with Gasteiger partial charge in [0.2, 0.25) is 10.0 Å². The zero-order valence-corrected chi connectivity index (χ0v) is 15.6. The Morgan fingerprint density at radius 2 is 1.84 bits per heavy atom. The molecule has 0 saturated heterocycles. The van der Waals surface area contributed by atoms with E-state index in [1.54, 1.807) is 31.2 Å². The van der Waals surface area contributed by atoms with Crippen LogP contribution in [0.15, 0.2) is 62.3 Å². The summed E-state index contributed by atoms with van der Waals surface area (Å²) in [6.45, 7) is 1.79. The second-order valence-electron chi connectivity index (χ2n) is 5.60. The van der Waals surface area contributed by atoms with E-state index in [-0.39, 0.29) is 22.6 Å². The maximum absolute atomic E-state index is 12.4. The SMILES string of the molecule is CC(NC(=O)c1cc2cc(Br)ccc2o1)c1ccc(S(N)(=O)=O)cc1. The lowest BCUT2D eigenvalue weighted by Crippen LogP contribution is -2.26. The molecule has 0 fully saturated rings. The molecule has 1 amide bonds. The molecule has 0 aliphatic carbocycles. The molecule has 2 aromatic carbocycles. The van der Waals surface area contributed by atoms with Crippen molar-refractivity contribution in [1.29, 1.82) is 0 Å². The van der Waals surface area contributed by atoms with Gasteiger partial charge in [0.15, 0.2) is 5.76 Å². The maximum Gasteiger partial charge on any atom is 0.287 e.